The molecule has 4 rings (SSSR count). The monoisotopic (exact) mass is 268 g/mol. The van der Waals surface area contributed by atoms with Gasteiger partial charge in [0.25, 0.3) is 0 Å². The Balaban J connectivity index is 1.84. The van der Waals surface area contributed by atoms with Gasteiger partial charge in [0.15, 0.2) is 0 Å². The summed E-state index contributed by atoms with van der Waals surface area (Å²) in [6.07, 6.45) is 1.69. The van der Waals surface area contributed by atoms with Gasteiger partial charge in [-0.25, -0.2) is 9.97 Å². The van der Waals surface area contributed by atoms with Crippen LogP contribution in [0, 0.1) is 11.8 Å². The summed E-state index contributed by atoms with van der Waals surface area (Å²) in [5.74, 6) is 2.53. The van der Waals surface area contributed by atoms with E-state index in [9.17, 15) is 0 Å². The molecule has 0 bridgehead atoms. The highest BCUT2D eigenvalue weighted by Crippen LogP contribution is 2.43. The Bertz CT molecular complexity index is 646. The molecule has 20 heavy (non-hydrogen) atoms. The normalized spacial score (nSPS) is 28.0. The molecule has 2 aromatic rings. The molecule has 2 aliphatic rings. The van der Waals surface area contributed by atoms with E-state index in [1.807, 2.05) is 6.07 Å². The molecule has 0 amide bonds. The van der Waals surface area contributed by atoms with E-state index < -0.39 is 0 Å². The summed E-state index contributed by atoms with van der Waals surface area (Å²) < 4.78 is 0. The van der Waals surface area contributed by atoms with Crippen LogP contribution in [-0.2, 0) is 0 Å². The van der Waals surface area contributed by atoms with Crippen LogP contribution in [0.15, 0.2) is 30.6 Å². The predicted octanol–water partition coefficient (Wildman–Crippen LogP) is 2.06. The van der Waals surface area contributed by atoms with Crippen molar-refractivity contribution in [1.82, 2.24) is 15.3 Å². The van der Waals surface area contributed by atoms with Crippen LogP contribution in [0.2, 0.25) is 0 Å². The molecule has 1 aromatic carbocycles. The summed E-state index contributed by atoms with van der Waals surface area (Å²) in [7, 11) is 0. The van der Waals surface area contributed by atoms with E-state index in [0.717, 1.165) is 42.3 Å². The van der Waals surface area contributed by atoms with E-state index in [4.69, 9.17) is 0 Å². The average Bonchev–Trinajstić information content (AvgIpc) is 3.01. The molecule has 2 saturated heterocycles. The van der Waals surface area contributed by atoms with Gasteiger partial charge in [0.1, 0.15) is 12.1 Å². The third kappa shape index (κ3) is 1.57. The van der Waals surface area contributed by atoms with Crippen molar-refractivity contribution in [1.29, 1.82) is 0 Å². The second kappa shape index (κ2) is 4.16. The maximum Gasteiger partial charge on any atom is 0.140 e. The van der Waals surface area contributed by atoms with Gasteiger partial charge in [0.05, 0.1) is 5.52 Å². The zero-order chi connectivity index (χ0) is 13.7. The molecular weight excluding hydrogens is 248 g/mol. The molecule has 1 N–H and O–H groups in total. The lowest BCUT2D eigenvalue weighted by Gasteiger charge is -2.36. The number of hydrogen-bond donors (Lipinski definition) is 1. The molecule has 0 aliphatic carbocycles. The van der Waals surface area contributed by atoms with Crippen LogP contribution in [0.1, 0.15) is 13.8 Å². The molecule has 4 nitrogen and oxygen atoms in total. The molecule has 1 aromatic heterocycles. The SMILES string of the molecule is CC1(C)C2CNCC2CN1c1ncnc2ccccc12. The van der Waals surface area contributed by atoms with E-state index in [1.54, 1.807) is 6.33 Å². The summed E-state index contributed by atoms with van der Waals surface area (Å²) in [6.45, 7) is 8.04. The third-order valence-corrected chi connectivity index (χ3v) is 5.14. The van der Waals surface area contributed by atoms with Gasteiger partial charge in [0.2, 0.25) is 0 Å². The van der Waals surface area contributed by atoms with Crippen LogP contribution in [0.3, 0.4) is 0 Å². The smallest absolute Gasteiger partial charge is 0.140 e. The van der Waals surface area contributed by atoms with Crippen LogP contribution < -0.4 is 10.2 Å². The van der Waals surface area contributed by atoms with Crippen molar-refractivity contribution in [3.05, 3.63) is 30.6 Å². The van der Waals surface area contributed by atoms with Gasteiger partial charge in [-0.1, -0.05) is 12.1 Å². The first-order chi connectivity index (χ1) is 9.68. The summed E-state index contributed by atoms with van der Waals surface area (Å²) >= 11 is 0. The first kappa shape index (κ1) is 12.1. The second-order valence-corrected chi connectivity index (χ2v) is 6.50. The second-order valence-electron chi connectivity index (χ2n) is 6.50. The van der Waals surface area contributed by atoms with Crippen LogP contribution in [-0.4, -0.2) is 35.1 Å². The van der Waals surface area contributed by atoms with E-state index in [2.05, 4.69) is 52.2 Å². The predicted molar refractivity (Wildman–Crippen MR) is 80.8 cm³/mol. The van der Waals surface area contributed by atoms with Crippen molar-refractivity contribution < 1.29 is 0 Å². The van der Waals surface area contributed by atoms with E-state index in [-0.39, 0.29) is 5.54 Å². The quantitative estimate of drug-likeness (QED) is 0.859. The Morgan fingerprint density at radius 1 is 1.20 bits per heavy atom. The number of anilines is 1. The van der Waals surface area contributed by atoms with Crippen LogP contribution in [0.4, 0.5) is 5.82 Å². The summed E-state index contributed by atoms with van der Waals surface area (Å²) in [6, 6.07) is 8.30. The molecule has 2 unspecified atom stereocenters. The Labute approximate surface area is 119 Å². The zero-order valence-electron chi connectivity index (χ0n) is 12.0. The van der Waals surface area contributed by atoms with Crippen molar-refractivity contribution in [2.75, 3.05) is 24.5 Å². The van der Waals surface area contributed by atoms with E-state index in [1.165, 1.54) is 0 Å². The minimum atomic E-state index is 0.144. The molecule has 2 fully saturated rings. The van der Waals surface area contributed by atoms with E-state index >= 15 is 0 Å². The van der Waals surface area contributed by atoms with Gasteiger partial charge in [-0.3, -0.25) is 0 Å². The largest absolute Gasteiger partial charge is 0.350 e. The fourth-order valence-electron chi connectivity index (χ4n) is 3.99. The first-order valence-electron chi connectivity index (χ1n) is 7.36. The number of benzene rings is 1. The van der Waals surface area contributed by atoms with Gasteiger partial charge >= 0.3 is 0 Å². The van der Waals surface area contributed by atoms with Crippen molar-refractivity contribution in [3.63, 3.8) is 0 Å². The Hall–Kier alpha value is -1.68. The first-order valence-corrected chi connectivity index (χ1v) is 7.36. The Morgan fingerprint density at radius 3 is 2.90 bits per heavy atom. The topological polar surface area (TPSA) is 41.0 Å². The molecular formula is C16H20N4. The molecule has 2 atom stereocenters. The maximum atomic E-state index is 4.61. The maximum absolute atomic E-state index is 4.61. The van der Waals surface area contributed by atoms with Gasteiger partial charge in [-0.2, -0.15) is 0 Å². The minimum absolute atomic E-state index is 0.144. The number of rotatable bonds is 1. The number of aromatic nitrogens is 2. The van der Waals surface area contributed by atoms with Gasteiger partial charge in [-0.15, -0.1) is 0 Å². The third-order valence-electron chi connectivity index (χ3n) is 5.14. The molecule has 2 aliphatic heterocycles. The lowest BCUT2D eigenvalue weighted by molar-refractivity contribution is 0.356. The molecule has 0 saturated carbocycles. The van der Waals surface area contributed by atoms with E-state index in [0.29, 0.717) is 5.92 Å². The Morgan fingerprint density at radius 2 is 2.05 bits per heavy atom. The molecule has 4 heteroatoms. The number of hydrogen-bond acceptors (Lipinski definition) is 4. The highest BCUT2D eigenvalue weighted by atomic mass is 15.3. The van der Waals surface area contributed by atoms with Gasteiger partial charge in [-0.05, 0) is 37.8 Å². The molecule has 0 radical (unpaired) electrons. The summed E-state index contributed by atoms with van der Waals surface area (Å²) in [5, 5.41) is 4.69. The number of nitrogens with zero attached hydrogens (tertiary/aromatic N) is 3. The highest BCUT2D eigenvalue weighted by molar-refractivity contribution is 5.89. The van der Waals surface area contributed by atoms with Crippen LogP contribution in [0.5, 0.6) is 0 Å². The summed E-state index contributed by atoms with van der Waals surface area (Å²) in [5.41, 5.74) is 1.18. The van der Waals surface area contributed by atoms with Gasteiger partial charge < -0.3 is 10.2 Å². The van der Waals surface area contributed by atoms with Crippen molar-refractivity contribution in [2.45, 2.75) is 19.4 Å². The zero-order valence-corrected chi connectivity index (χ0v) is 12.0. The lowest BCUT2D eigenvalue weighted by Crippen LogP contribution is -2.45. The highest BCUT2D eigenvalue weighted by Gasteiger charge is 2.50. The van der Waals surface area contributed by atoms with Crippen molar-refractivity contribution >= 4 is 16.7 Å². The van der Waals surface area contributed by atoms with Crippen LogP contribution >= 0.6 is 0 Å². The van der Waals surface area contributed by atoms with Crippen LogP contribution in [0.25, 0.3) is 10.9 Å². The number of fused-ring (bicyclic) bond motifs is 2. The number of nitrogens with one attached hydrogen (secondary N) is 1. The fraction of sp³-hybridized carbons (Fsp3) is 0.500. The molecule has 3 heterocycles. The standard InChI is InChI=1S/C16H20N4/c1-16(2)13-8-17-7-11(13)9-20(16)15-12-5-3-4-6-14(12)18-10-19-15/h3-6,10-11,13,17H,7-9H2,1-2H3. The molecule has 104 valence electrons. The minimum Gasteiger partial charge on any atom is -0.350 e. The fourth-order valence-corrected chi connectivity index (χ4v) is 3.99. The summed E-state index contributed by atoms with van der Waals surface area (Å²) in [4.78, 5) is 11.5. The lowest BCUT2D eigenvalue weighted by atomic mass is 9.85. The van der Waals surface area contributed by atoms with Gasteiger partial charge in [0, 0.05) is 30.6 Å². The van der Waals surface area contributed by atoms with Crippen molar-refractivity contribution in [3.8, 4) is 0 Å². The molecule has 0 spiro atoms. The average molecular weight is 268 g/mol. The Kier molecular flexibility index (Phi) is 2.51. The number of para-hydroxylation sites is 1. The van der Waals surface area contributed by atoms with Crippen molar-refractivity contribution in [2.24, 2.45) is 11.8 Å².